The van der Waals surface area contributed by atoms with Crippen molar-refractivity contribution in [1.29, 1.82) is 0 Å². The molecule has 0 spiro atoms. The number of unbranched alkanes of at least 4 members (excludes halogenated alkanes) is 1. The predicted molar refractivity (Wildman–Crippen MR) is 137 cm³/mol. The summed E-state index contributed by atoms with van der Waals surface area (Å²) in [6.45, 7) is 5.64. The van der Waals surface area contributed by atoms with Crippen molar-refractivity contribution >= 4 is 25.4 Å². The van der Waals surface area contributed by atoms with Crippen molar-refractivity contribution in [3.63, 3.8) is 0 Å². The van der Waals surface area contributed by atoms with Gasteiger partial charge in [0.25, 0.3) is 5.91 Å². The van der Waals surface area contributed by atoms with Crippen molar-refractivity contribution in [3.05, 3.63) is 47.8 Å². The number of carbonyl (C=O) groups excluding carboxylic acids is 2. The number of aromatic nitrogens is 2. The molecule has 1 aliphatic rings. The van der Waals surface area contributed by atoms with E-state index in [0.717, 1.165) is 18.4 Å². The van der Waals surface area contributed by atoms with Gasteiger partial charge in [0.05, 0.1) is 6.16 Å². The Morgan fingerprint density at radius 3 is 2.32 bits per heavy atom. The molecule has 1 aromatic heterocycles. The van der Waals surface area contributed by atoms with Crippen molar-refractivity contribution in [2.24, 2.45) is 0 Å². The molecule has 5 N–H and O–H groups in total. The van der Waals surface area contributed by atoms with E-state index in [2.05, 4.69) is 20.6 Å². The number of amides is 2. The molecule has 2 aromatic rings. The molecule has 12 nitrogen and oxygen atoms in total. The van der Waals surface area contributed by atoms with Crippen LogP contribution in [0.15, 0.2) is 36.4 Å². The Morgan fingerprint density at radius 1 is 1.14 bits per heavy atom. The highest BCUT2D eigenvalue weighted by atomic mass is 31.2. The number of piperazine rings is 1. The van der Waals surface area contributed by atoms with Crippen molar-refractivity contribution < 1.29 is 33.8 Å². The molecule has 3 rings (SSSR count). The van der Waals surface area contributed by atoms with Crippen LogP contribution in [0.3, 0.4) is 0 Å². The Labute approximate surface area is 215 Å². The van der Waals surface area contributed by atoms with Crippen LogP contribution in [0.2, 0.25) is 0 Å². The van der Waals surface area contributed by atoms with Crippen molar-refractivity contribution in [1.82, 2.24) is 25.5 Å². The van der Waals surface area contributed by atoms with Crippen LogP contribution in [0.4, 0.5) is 0 Å². The molecule has 1 atom stereocenters. The van der Waals surface area contributed by atoms with Gasteiger partial charge in [0.2, 0.25) is 5.91 Å². The summed E-state index contributed by atoms with van der Waals surface area (Å²) >= 11 is 0. The van der Waals surface area contributed by atoms with Gasteiger partial charge in [-0.1, -0.05) is 43.7 Å². The first-order valence-corrected chi connectivity index (χ1v) is 13.8. The van der Waals surface area contributed by atoms with Gasteiger partial charge in [0, 0.05) is 43.9 Å². The zero-order valence-electron chi connectivity index (χ0n) is 21.0. The van der Waals surface area contributed by atoms with Crippen LogP contribution in [0, 0.1) is 6.92 Å². The van der Waals surface area contributed by atoms with E-state index in [1.54, 1.807) is 19.1 Å². The van der Waals surface area contributed by atoms with E-state index in [0.29, 0.717) is 44.1 Å². The quantitative estimate of drug-likeness (QED) is 0.295. The van der Waals surface area contributed by atoms with Gasteiger partial charge < -0.3 is 30.4 Å². The number of benzene rings is 1. The maximum absolute atomic E-state index is 12.8. The minimum absolute atomic E-state index is 0.0187. The maximum Gasteiger partial charge on any atom is 0.328 e. The number of hydrogen-bond acceptors (Lipinski definition) is 7. The van der Waals surface area contributed by atoms with Crippen LogP contribution >= 0.6 is 7.60 Å². The molecular weight excluding hydrogens is 501 g/mol. The molecule has 0 radical (unpaired) electrons. The van der Waals surface area contributed by atoms with Gasteiger partial charge >= 0.3 is 13.6 Å². The van der Waals surface area contributed by atoms with E-state index in [4.69, 9.17) is 5.11 Å². The summed E-state index contributed by atoms with van der Waals surface area (Å²) in [5.41, 5.74) is 1.29. The Hall–Kier alpha value is -3.18. The summed E-state index contributed by atoms with van der Waals surface area (Å²) in [6.07, 6.45) is 1.30. The van der Waals surface area contributed by atoms with Gasteiger partial charge in [-0.3, -0.25) is 18.9 Å². The number of aliphatic carboxylic acids is 1. The molecule has 0 bridgehead atoms. The number of hydrogen-bond donors (Lipinski definition) is 5. The number of carboxylic acid groups (broad SMARTS) is 1. The van der Waals surface area contributed by atoms with Gasteiger partial charge in [-0.05, 0) is 19.4 Å². The third-order valence-electron chi connectivity index (χ3n) is 5.32. The second-order valence-electron chi connectivity index (χ2n) is 8.53. The van der Waals surface area contributed by atoms with Crippen LogP contribution in [0.25, 0.3) is 11.4 Å². The summed E-state index contributed by atoms with van der Waals surface area (Å²) in [7, 11) is -4.55. The number of nitrogens with one attached hydrogen (secondary N) is 2. The average Bonchev–Trinajstić information content (AvgIpc) is 2.87. The summed E-state index contributed by atoms with van der Waals surface area (Å²) in [5.74, 6) is -1.57. The van der Waals surface area contributed by atoms with Crippen LogP contribution in [0.1, 0.15) is 42.4 Å². The van der Waals surface area contributed by atoms with Crippen molar-refractivity contribution in [2.45, 2.75) is 39.2 Å². The molecule has 2 amide bonds. The topological polar surface area (TPSA) is 182 Å². The van der Waals surface area contributed by atoms with Gasteiger partial charge in [0.15, 0.2) is 5.82 Å². The van der Waals surface area contributed by atoms with Gasteiger partial charge in [-0.2, -0.15) is 0 Å². The smallest absolute Gasteiger partial charge is 0.328 e. The first-order valence-electron chi connectivity index (χ1n) is 12.0. The molecular formula is C24H34N5O7P. The van der Waals surface area contributed by atoms with E-state index in [9.17, 15) is 28.7 Å². The second kappa shape index (κ2) is 14.5. The summed E-state index contributed by atoms with van der Waals surface area (Å²) in [5, 5.41) is 13.6. The lowest BCUT2D eigenvalue weighted by molar-refractivity contribution is -0.137. The molecule has 1 saturated heterocycles. The van der Waals surface area contributed by atoms with Crippen LogP contribution in [0.5, 0.6) is 0 Å². The lowest BCUT2D eigenvalue weighted by Crippen LogP contribution is -2.55. The lowest BCUT2D eigenvalue weighted by Gasteiger charge is -2.31. The van der Waals surface area contributed by atoms with E-state index in [-0.39, 0.29) is 5.69 Å². The largest absolute Gasteiger partial charge is 0.481 e. The minimum Gasteiger partial charge on any atom is -0.481 e. The SMILES string of the molecule is CCCCC(=O)O.Cc1cc(C(=O)NC(CP(=O)(O)O)C(=O)N2CCNCC2)nc(-c2ccccc2)n1. The summed E-state index contributed by atoms with van der Waals surface area (Å²) in [6, 6.07) is 9.22. The first-order chi connectivity index (χ1) is 17.5. The fraction of sp³-hybridized carbons (Fsp3) is 0.458. The molecule has 0 saturated carbocycles. The second-order valence-corrected chi connectivity index (χ2v) is 10.2. The Morgan fingerprint density at radius 2 is 1.78 bits per heavy atom. The van der Waals surface area contributed by atoms with Crippen LogP contribution in [-0.2, 0) is 14.2 Å². The fourth-order valence-corrected chi connectivity index (χ4v) is 4.21. The molecule has 37 heavy (non-hydrogen) atoms. The zero-order chi connectivity index (χ0) is 27.4. The highest BCUT2D eigenvalue weighted by molar-refractivity contribution is 7.51. The predicted octanol–water partition coefficient (Wildman–Crippen LogP) is 1.42. The molecule has 1 unspecified atom stereocenters. The standard InChI is InChI=1S/C19H24N5O5P.C5H10O2/c1-13-11-15(22-17(21-13)14-5-3-2-4-6-14)18(25)23-16(12-30(27,28)29)19(26)24-9-7-20-8-10-24;1-2-3-4-5(6)7/h2-6,11,16,20H,7-10,12H2,1H3,(H,23,25)(H2,27,28,29);2-4H2,1H3,(H,6,7). The number of nitrogens with zero attached hydrogens (tertiary/aromatic N) is 3. The summed E-state index contributed by atoms with van der Waals surface area (Å²) < 4.78 is 11.6. The zero-order valence-corrected chi connectivity index (χ0v) is 21.9. The monoisotopic (exact) mass is 535 g/mol. The molecule has 0 aliphatic carbocycles. The Balaban J connectivity index is 0.000000604. The molecule has 202 valence electrons. The first kappa shape index (κ1) is 30.0. The highest BCUT2D eigenvalue weighted by Crippen LogP contribution is 2.35. The van der Waals surface area contributed by atoms with E-state index in [1.807, 2.05) is 25.1 Å². The molecule has 1 aliphatic heterocycles. The normalized spacial score (nSPS) is 14.2. The Kier molecular flexibility index (Phi) is 11.8. The van der Waals surface area contributed by atoms with Gasteiger partial charge in [-0.25, -0.2) is 9.97 Å². The van der Waals surface area contributed by atoms with E-state index in [1.165, 1.54) is 11.0 Å². The summed E-state index contributed by atoms with van der Waals surface area (Å²) in [4.78, 5) is 64.3. The fourth-order valence-electron chi connectivity index (χ4n) is 3.49. The van der Waals surface area contributed by atoms with E-state index < -0.39 is 37.6 Å². The van der Waals surface area contributed by atoms with Crippen LogP contribution < -0.4 is 10.6 Å². The van der Waals surface area contributed by atoms with Crippen molar-refractivity contribution in [2.75, 3.05) is 32.3 Å². The third kappa shape index (κ3) is 10.8. The third-order valence-corrected chi connectivity index (χ3v) is 6.16. The van der Waals surface area contributed by atoms with Gasteiger partial charge in [0.1, 0.15) is 11.7 Å². The molecule has 13 heteroatoms. The number of aryl methyl sites for hydroxylation is 1. The number of carbonyl (C=O) groups is 3. The van der Waals surface area contributed by atoms with Gasteiger partial charge in [-0.15, -0.1) is 0 Å². The molecule has 2 heterocycles. The average molecular weight is 536 g/mol. The van der Waals surface area contributed by atoms with Crippen LogP contribution in [-0.4, -0.2) is 85.9 Å². The number of rotatable bonds is 9. The molecule has 1 fully saturated rings. The highest BCUT2D eigenvalue weighted by Gasteiger charge is 2.33. The maximum atomic E-state index is 12.8. The van der Waals surface area contributed by atoms with Crippen molar-refractivity contribution in [3.8, 4) is 11.4 Å². The Bertz CT molecular complexity index is 1100. The lowest BCUT2D eigenvalue weighted by atomic mass is 10.2. The molecule has 1 aromatic carbocycles. The van der Waals surface area contributed by atoms with E-state index >= 15 is 0 Å². The minimum atomic E-state index is -4.55. The number of carboxylic acids is 1.